The van der Waals surface area contributed by atoms with Crippen LogP contribution in [-0.4, -0.2) is 103 Å². The van der Waals surface area contributed by atoms with Crippen molar-refractivity contribution in [3.63, 3.8) is 0 Å². The molecule has 0 saturated heterocycles. The molecule has 0 fully saturated rings. The van der Waals surface area contributed by atoms with Gasteiger partial charge in [-0.15, -0.1) is 0 Å². The second-order valence-electron chi connectivity index (χ2n) is 8.56. The molecule has 2 aromatic heterocycles. The molecule has 1 aliphatic rings. The van der Waals surface area contributed by atoms with E-state index in [1.165, 1.54) is 6.33 Å². The number of fused-ring (bicyclic) bond motifs is 2. The van der Waals surface area contributed by atoms with Gasteiger partial charge in [0.15, 0.2) is 17.4 Å². The number of benzene rings is 1. The molecular weight excluding hydrogens is 464 g/mol. The second-order valence-corrected chi connectivity index (χ2v) is 8.56. The Morgan fingerprint density at radius 3 is 2.89 bits per heavy atom. The summed E-state index contributed by atoms with van der Waals surface area (Å²) >= 11 is 0. The number of amides is 1. The van der Waals surface area contributed by atoms with E-state index in [-0.39, 0.29) is 18.3 Å². The number of H-pyrrole nitrogens is 1. The number of nitrogens with zero attached hydrogens (tertiary/aromatic N) is 5. The summed E-state index contributed by atoms with van der Waals surface area (Å²) in [6.07, 6.45) is 4.39. The summed E-state index contributed by atoms with van der Waals surface area (Å²) < 4.78 is 16.7. The van der Waals surface area contributed by atoms with Crippen LogP contribution >= 0.6 is 0 Å². The number of nitrogens with one attached hydrogen (secondary N) is 1. The van der Waals surface area contributed by atoms with Crippen molar-refractivity contribution in [3.05, 3.63) is 35.8 Å². The van der Waals surface area contributed by atoms with Crippen molar-refractivity contribution < 1.29 is 24.1 Å². The van der Waals surface area contributed by atoms with Gasteiger partial charge in [-0.2, -0.15) is 0 Å². The quantitative estimate of drug-likeness (QED) is 0.563. The van der Waals surface area contributed by atoms with Crippen molar-refractivity contribution in [1.29, 1.82) is 0 Å². The maximum Gasteiger partial charge on any atom is 0.236 e. The zero-order chi connectivity index (χ0) is 25.5. The van der Waals surface area contributed by atoms with Gasteiger partial charge in [-0.3, -0.25) is 14.7 Å². The minimum Gasteiger partial charge on any atom is -0.494 e. The fraction of sp³-hybridized carbons (Fsp3) is 0.440. The number of aryl methyl sites for hydroxylation is 1. The van der Waals surface area contributed by atoms with Gasteiger partial charge in [0.25, 0.3) is 0 Å². The molecular formula is C25H32N6O5. The molecule has 2 bridgehead atoms. The van der Waals surface area contributed by atoms with Gasteiger partial charge in [-0.25, -0.2) is 9.97 Å². The van der Waals surface area contributed by atoms with Crippen LogP contribution < -0.4 is 9.47 Å². The Morgan fingerprint density at radius 1 is 1.22 bits per heavy atom. The van der Waals surface area contributed by atoms with E-state index in [2.05, 4.69) is 19.9 Å². The molecule has 0 spiro atoms. The maximum atomic E-state index is 12.9. The number of aromatic hydroxyl groups is 1. The van der Waals surface area contributed by atoms with Crippen molar-refractivity contribution in [1.82, 2.24) is 24.8 Å². The predicted molar refractivity (Wildman–Crippen MR) is 136 cm³/mol. The fourth-order valence-electron chi connectivity index (χ4n) is 4.11. The Hall–Kier alpha value is -3.70. The molecule has 1 aliphatic heterocycles. The van der Waals surface area contributed by atoms with E-state index in [0.29, 0.717) is 79.5 Å². The lowest BCUT2D eigenvalue weighted by Gasteiger charge is -2.25. The number of aliphatic imine (C=N–C) groups is 1. The summed E-state index contributed by atoms with van der Waals surface area (Å²) in [5.41, 5.74) is 2.45. The maximum absolute atomic E-state index is 12.9. The van der Waals surface area contributed by atoms with E-state index < -0.39 is 0 Å². The van der Waals surface area contributed by atoms with Gasteiger partial charge in [0, 0.05) is 46.1 Å². The number of methoxy groups -OCH3 is 2. The van der Waals surface area contributed by atoms with Crippen molar-refractivity contribution in [3.8, 4) is 17.4 Å². The lowest BCUT2D eigenvalue weighted by atomic mass is 10.1. The minimum atomic E-state index is -0.0293. The third-order valence-corrected chi connectivity index (χ3v) is 6.15. The smallest absolute Gasteiger partial charge is 0.236 e. The van der Waals surface area contributed by atoms with Gasteiger partial charge >= 0.3 is 0 Å². The molecule has 11 nitrogen and oxygen atoms in total. The lowest BCUT2D eigenvalue weighted by molar-refractivity contribution is -0.131. The van der Waals surface area contributed by atoms with Crippen molar-refractivity contribution in [2.45, 2.75) is 12.8 Å². The van der Waals surface area contributed by atoms with E-state index in [9.17, 15) is 9.90 Å². The molecule has 3 heterocycles. The number of aromatic amines is 1. The molecule has 0 atom stereocenters. The van der Waals surface area contributed by atoms with Gasteiger partial charge in [0.1, 0.15) is 18.6 Å². The number of likely N-dealkylation sites (N-methyl/N-ethyl adjacent to an activating group) is 1. The molecule has 11 heteroatoms. The highest BCUT2D eigenvalue weighted by atomic mass is 16.5. The summed E-state index contributed by atoms with van der Waals surface area (Å²) in [6, 6.07) is 5.37. The van der Waals surface area contributed by atoms with Crippen LogP contribution in [0.15, 0.2) is 29.5 Å². The number of rotatable bonds is 4. The molecule has 0 unspecified atom stereocenters. The molecule has 36 heavy (non-hydrogen) atoms. The predicted octanol–water partition coefficient (Wildman–Crippen LogP) is 2.15. The molecule has 2 N–H and O–H groups in total. The Kier molecular flexibility index (Phi) is 8.34. The van der Waals surface area contributed by atoms with Crippen LogP contribution in [0.5, 0.6) is 17.4 Å². The van der Waals surface area contributed by atoms with Crippen LogP contribution in [0.2, 0.25) is 0 Å². The number of carbonyl (C=O) groups is 1. The van der Waals surface area contributed by atoms with Crippen LogP contribution in [0.3, 0.4) is 0 Å². The van der Waals surface area contributed by atoms with Gasteiger partial charge < -0.3 is 29.2 Å². The van der Waals surface area contributed by atoms with E-state index in [0.717, 1.165) is 5.69 Å². The largest absolute Gasteiger partial charge is 0.494 e. The zero-order valence-corrected chi connectivity index (χ0v) is 20.9. The van der Waals surface area contributed by atoms with E-state index in [4.69, 9.17) is 14.2 Å². The van der Waals surface area contributed by atoms with Crippen LogP contribution in [-0.2, 0) is 16.0 Å². The summed E-state index contributed by atoms with van der Waals surface area (Å²) in [5, 5.41) is 11.3. The first-order valence-corrected chi connectivity index (χ1v) is 11.8. The van der Waals surface area contributed by atoms with E-state index >= 15 is 0 Å². The Balaban J connectivity index is 1.69. The highest BCUT2D eigenvalue weighted by Crippen LogP contribution is 2.32. The van der Waals surface area contributed by atoms with Gasteiger partial charge in [0.05, 0.1) is 42.6 Å². The average molecular weight is 497 g/mol. The average Bonchev–Trinajstić information content (AvgIpc) is 3.20. The number of carbonyl (C=O) groups excluding carboxylic acids is 1. The standard InChI is InChI=1S/C25H32N6O5/c1-30-8-4-5-19-23-18(25(33)29-24(23)28-16-27-19)14-26-17-6-7-20(35-3)21(13-17)36-12-10-31(9-11-34-2)15-22(30)32/h6-7,13-14,16,33H,4-5,8-12,15H2,1-3H3,(H,27,28,29). The lowest BCUT2D eigenvalue weighted by Crippen LogP contribution is -2.41. The molecule has 192 valence electrons. The molecule has 4 rings (SSSR count). The first-order chi connectivity index (χ1) is 17.5. The summed E-state index contributed by atoms with van der Waals surface area (Å²) in [5.74, 6) is 1.11. The van der Waals surface area contributed by atoms with Gasteiger partial charge in [-0.1, -0.05) is 0 Å². The third-order valence-electron chi connectivity index (χ3n) is 6.15. The minimum absolute atomic E-state index is 0.0201. The summed E-state index contributed by atoms with van der Waals surface area (Å²) in [4.78, 5) is 32.8. The highest BCUT2D eigenvalue weighted by Gasteiger charge is 2.18. The molecule has 0 aliphatic carbocycles. The second kappa shape index (κ2) is 11.8. The van der Waals surface area contributed by atoms with Crippen LogP contribution in [0, 0.1) is 0 Å². The molecule has 3 aromatic rings. The normalized spacial score (nSPS) is 16.0. The van der Waals surface area contributed by atoms with Crippen LogP contribution in [0.25, 0.3) is 11.0 Å². The number of hydrogen-bond acceptors (Lipinski definition) is 9. The van der Waals surface area contributed by atoms with E-state index in [1.807, 2.05) is 11.0 Å². The summed E-state index contributed by atoms with van der Waals surface area (Å²) in [6.45, 7) is 2.85. The van der Waals surface area contributed by atoms with Crippen LogP contribution in [0.1, 0.15) is 17.7 Å². The third kappa shape index (κ3) is 5.92. The Labute approximate surface area is 209 Å². The highest BCUT2D eigenvalue weighted by molar-refractivity contribution is 6.02. The molecule has 0 radical (unpaired) electrons. The molecule has 0 saturated carbocycles. The molecule has 1 aromatic carbocycles. The van der Waals surface area contributed by atoms with Crippen LogP contribution in [0.4, 0.5) is 5.69 Å². The number of hydrogen-bond donors (Lipinski definition) is 2. The first kappa shape index (κ1) is 25.4. The van der Waals surface area contributed by atoms with Gasteiger partial charge in [0.2, 0.25) is 5.91 Å². The Bertz CT molecular complexity index is 1230. The van der Waals surface area contributed by atoms with Crippen molar-refractivity contribution >= 4 is 28.8 Å². The monoisotopic (exact) mass is 496 g/mol. The Morgan fingerprint density at radius 2 is 2.08 bits per heavy atom. The first-order valence-electron chi connectivity index (χ1n) is 11.8. The topological polar surface area (TPSA) is 125 Å². The van der Waals surface area contributed by atoms with E-state index in [1.54, 1.807) is 44.5 Å². The van der Waals surface area contributed by atoms with Crippen molar-refractivity contribution in [2.24, 2.45) is 4.99 Å². The van der Waals surface area contributed by atoms with Gasteiger partial charge in [-0.05, 0) is 25.0 Å². The SMILES string of the molecule is COCCN1CCOc2cc(ccc2OC)N=Cc2c(O)[nH]c3ncnc(c23)CCCN(C)C(=O)C1. The molecule has 1 amide bonds. The zero-order valence-electron chi connectivity index (χ0n) is 20.9. The summed E-state index contributed by atoms with van der Waals surface area (Å²) in [7, 11) is 5.02. The van der Waals surface area contributed by atoms with Crippen molar-refractivity contribution in [2.75, 3.05) is 60.7 Å². The number of ether oxygens (including phenoxy) is 3. The fourth-order valence-corrected chi connectivity index (χ4v) is 4.11. The number of aromatic nitrogens is 3.